The molecule has 1 heterocycles. The zero-order valence-electron chi connectivity index (χ0n) is 32.5. The molecule has 0 aliphatic heterocycles. The Labute approximate surface area is 339 Å². The van der Waals surface area contributed by atoms with Gasteiger partial charge in [-0.05, 0) is 128 Å². The quantitative estimate of drug-likeness (QED) is 0.157. The second-order valence-electron chi connectivity index (χ2n) is 16.4. The van der Waals surface area contributed by atoms with Crippen molar-refractivity contribution in [1.29, 1.82) is 0 Å². The summed E-state index contributed by atoms with van der Waals surface area (Å²) < 4.78 is 0. The van der Waals surface area contributed by atoms with Crippen LogP contribution in [0.1, 0.15) is 25.0 Å². The van der Waals surface area contributed by atoms with Gasteiger partial charge in [0.05, 0.1) is 0 Å². The van der Waals surface area contributed by atoms with Gasteiger partial charge in [0.15, 0.2) is 0 Å². The number of hydrogen-bond donors (Lipinski definition) is 0. The molecule has 0 spiro atoms. The van der Waals surface area contributed by atoms with Crippen LogP contribution in [0.5, 0.6) is 0 Å². The summed E-state index contributed by atoms with van der Waals surface area (Å²) >= 11 is 0. The van der Waals surface area contributed by atoms with Gasteiger partial charge in [-0.25, -0.2) is 0 Å². The van der Waals surface area contributed by atoms with Gasteiger partial charge >= 0.3 is 0 Å². The summed E-state index contributed by atoms with van der Waals surface area (Å²) in [5, 5.41) is 14.6. The van der Waals surface area contributed by atoms with E-state index in [1.807, 2.05) is 0 Å². The predicted octanol–water partition coefficient (Wildman–Crippen LogP) is 16.7. The molecule has 1 aromatic heterocycles. The summed E-state index contributed by atoms with van der Waals surface area (Å²) in [4.78, 5) is 0. The van der Waals surface area contributed by atoms with Crippen LogP contribution < -0.4 is 0 Å². The molecule has 0 radical (unpaired) electrons. The monoisotopic (exact) mass is 754 g/mol. The van der Waals surface area contributed by atoms with Gasteiger partial charge in [-0.3, -0.25) is 0 Å². The first-order chi connectivity index (χ1) is 28.5. The van der Waals surface area contributed by atoms with Crippen LogP contribution in [0.3, 0.4) is 0 Å². The molecule has 1 unspecified atom stereocenters. The molecule has 0 amide bonds. The fraction of sp³-hybridized carbons (Fsp3) is 0.0526. The topological polar surface area (TPSA) is 0 Å². The van der Waals surface area contributed by atoms with Crippen LogP contribution in [-0.4, -0.2) is 0 Å². The third-order valence-electron chi connectivity index (χ3n) is 13.0. The molecule has 1 aliphatic rings. The van der Waals surface area contributed by atoms with E-state index >= 15 is 0 Å². The van der Waals surface area contributed by atoms with Crippen LogP contribution in [-0.2, 0) is 5.41 Å². The minimum atomic E-state index is -0.633. The van der Waals surface area contributed by atoms with Crippen LogP contribution in [0.25, 0.3) is 103 Å². The van der Waals surface area contributed by atoms with Gasteiger partial charge in [0, 0.05) is 15.7 Å². The lowest BCUT2D eigenvalue weighted by Gasteiger charge is -2.23. The van der Waals surface area contributed by atoms with Crippen LogP contribution >= 0.6 is 7.53 Å². The second-order valence-corrected chi connectivity index (χ2v) is 18.6. The molecule has 0 nitrogen and oxygen atoms in total. The van der Waals surface area contributed by atoms with Crippen LogP contribution in [0.15, 0.2) is 200 Å². The molecule has 58 heavy (non-hydrogen) atoms. The normalized spacial score (nSPS) is 13.4. The Morgan fingerprint density at radius 2 is 0.914 bits per heavy atom. The highest BCUT2D eigenvalue weighted by molar-refractivity contribution is 7.67. The van der Waals surface area contributed by atoms with Gasteiger partial charge in [0.2, 0.25) is 0 Å². The number of fused-ring (bicyclic) bond motifs is 9. The molecule has 10 aromatic carbocycles. The molecule has 272 valence electrons. The highest BCUT2D eigenvalue weighted by Crippen LogP contribution is 2.57. The van der Waals surface area contributed by atoms with Gasteiger partial charge in [0.1, 0.15) is 0 Å². The predicted molar refractivity (Wildman–Crippen MR) is 252 cm³/mol. The lowest BCUT2D eigenvalue weighted by Crippen LogP contribution is -2.14. The molecule has 0 fully saturated rings. The van der Waals surface area contributed by atoms with E-state index in [0.29, 0.717) is 0 Å². The zero-order chi connectivity index (χ0) is 38.5. The molecular formula is C57H39P. The Balaban J connectivity index is 1.19. The summed E-state index contributed by atoms with van der Waals surface area (Å²) in [5.74, 6) is 0. The van der Waals surface area contributed by atoms with Crippen molar-refractivity contribution in [2.45, 2.75) is 19.3 Å². The maximum atomic E-state index is 2.50. The first-order valence-corrected chi connectivity index (χ1v) is 21.7. The number of hydrogen-bond acceptors (Lipinski definition) is 0. The summed E-state index contributed by atoms with van der Waals surface area (Å²) in [6.45, 7) is 4.77. The van der Waals surface area contributed by atoms with Crippen LogP contribution in [0.4, 0.5) is 0 Å². The smallest absolute Gasteiger partial charge is 0.0159 e. The van der Waals surface area contributed by atoms with E-state index in [9.17, 15) is 0 Å². The van der Waals surface area contributed by atoms with E-state index in [2.05, 4.69) is 214 Å². The van der Waals surface area contributed by atoms with E-state index in [0.717, 1.165) is 0 Å². The average molecular weight is 755 g/mol. The van der Waals surface area contributed by atoms with Crippen molar-refractivity contribution in [2.24, 2.45) is 0 Å². The van der Waals surface area contributed by atoms with Crippen molar-refractivity contribution in [2.75, 3.05) is 0 Å². The molecule has 1 heteroatoms. The highest BCUT2D eigenvalue weighted by atomic mass is 31.1. The number of rotatable bonds is 4. The third kappa shape index (κ3) is 4.83. The molecular weight excluding hydrogens is 716 g/mol. The number of benzene rings is 10. The molecule has 1 atom stereocenters. The first-order valence-electron chi connectivity index (χ1n) is 20.3. The molecule has 12 rings (SSSR count). The largest absolute Gasteiger partial charge is 0.0772 e. The molecule has 11 aromatic rings. The van der Waals surface area contributed by atoms with Crippen molar-refractivity contribution in [3.05, 3.63) is 211 Å². The van der Waals surface area contributed by atoms with Crippen molar-refractivity contribution in [3.63, 3.8) is 0 Å². The standard InChI is InChI=1S/C57H39P/c1-57(2)50-24-12-10-22-46(50)56-47(23-14-25-51(56)57)55-44-21-9-8-20-43(44)54(45-31-29-39(34-49(45)55)38-28-27-36-15-6-7-16-37(36)33-38)40-30-32-53-48(35-40)42-19-11-13-26-52(42)58(53)41-17-4-3-5-18-41/h3-35H,1-2H3. The van der Waals surface area contributed by atoms with Gasteiger partial charge in [-0.1, -0.05) is 197 Å². The van der Waals surface area contributed by atoms with E-state index in [-0.39, 0.29) is 5.41 Å². The maximum absolute atomic E-state index is 2.50. The molecule has 1 aliphatic carbocycles. The second kappa shape index (κ2) is 12.6. The lowest BCUT2D eigenvalue weighted by atomic mass is 9.80. The molecule has 0 N–H and O–H groups in total. The fourth-order valence-electron chi connectivity index (χ4n) is 10.3. The van der Waals surface area contributed by atoms with Gasteiger partial charge in [-0.2, -0.15) is 0 Å². The minimum Gasteiger partial charge on any atom is -0.0772 e. The van der Waals surface area contributed by atoms with E-state index < -0.39 is 7.53 Å². The molecule has 0 bridgehead atoms. The minimum absolute atomic E-state index is 0.0936. The van der Waals surface area contributed by atoms with E-state index in [4.69, 9.17) is 0 Å². The van der Waals surface area contributed by atoms with E-state index in [1.54, 1.807) is 0 Å². The summed E-state index contributed by atoms with van der Waals surface area (Å²) in [7, 11) is -0.633. The lowest BCUT2D eigenvalue weighted by molar-refractivity contribution is 0.660. The summed E-state index contributed by atoms with van der Waals surface area (Å²) in [6.07, 6.45) is 0. The van der Waals surface area contributed by atoms with Crippen LogP contribution in [0, 0.1) is 0 Å². The van der Waals surface area contributed by atoms with Crippen molar-refractivity contribution >= 4 is 60.9 Å². The van der Waals surface area contributed by atoms with Crippen molar-refractivity contribution in [1.82, 2.24) is 0 Å². The zero-order valence-corrected chi connectivity index (χ0v) is 33.4. The molecule has 0 saturated carbocycles. The van der Waals surface area contributed by atoms with E-state index in [1.165, 1.54) is 114 Å². The maximum Gasteiger partial charge on any atom is 0.0159 e. The SMILES string of the molecule is CC1(C)c2ccccc2-c2c(-c3c4ccccc4c(-c4ccc5c(c4)c4ccccc4p5-c4ccccc4)c4ccc(-c5ccc6ccccc6c5)cc34)cccc21. The molecule has 0 saturated heterocycles. The Bertz CT molecular complexity index is 3470. The third-order valence-corrected chi connectivity index (χ3v) is 15.5. The Morgan fingerprint density at radius 1 is 0.328 bits per heavy atom. The average Bonchev–Trinajstić information content (AvgIpc) is 3.73. The van der Waals surface area contributed by atoms with Gasteiger partial charge in [0.25, 0.3) is 0 Å². The highest BCUT2D eigenvalue weighted by Gasteiger charge is 2.37. The first kappa shape index (κ1) is 33.4. The Morgan fingerprint density at radius 3 is 1.78 bits per heavy atom. The Kier molecular flexibility index (Phi) is 7.28. The van der Waals surface area contributed by atoms with Crippen molar-refractivity contribution < 1.29 is 0 Å². The van der Waals surface area contributed by atoms with Crippen molar-refractivity contribution in [3.8, 4) is 49.8 Å². The summed E-state index contributed by atoms with van der Waals surface area (Å²) in [5.41, 5.74) is 13.0. The fourth-order valence-corrected chi connectivity index (χ4v) is 12.9. The van der Waals surface area contributed by atoms with Gasteiger partial charge < -0.3 is 0 Å². The van der Waals surface area contributed by atoms with Gasteiger partial charge in [-0.15, -0.1) is 0 Å². The summed E-state index contributed by atoms with van der Waals surface area (Å²) in [6, 6.07) is 75.5. The Hall–Kier alpha value is -6.72. The van der Waals surface area contributed by atoms with Crippen LogP contribution in [0.2, 0.25) is 0 Å².